The number of carbonyl (C=O) groups is 1. The second kappa shape index (κ2) is 8.14. The van der Waals surface area contributed by atoms with Gasteiger partial charge in [0.25, 0.3) is 0 Å². The van der Waals surface area contributed by atoms with Crippen molar-refractivity contribution < 1.29 is 4.79 Å². The van der Waals surface area contributed by atoms with Gasteiger partial charge < -0.3 is 10.3 Å². The van der Waals surface area contributed by atoms with Gasteiger partial charge in [-0.3, -0.25) is 4.79 Å². The van der Waals surface area contributed by atoms with E-state index in [2.05, 4.69) is 20.3 Å². The summed E-state index contributed by atoms with van der Waals surface area (Å²) in [6.45, 7) is 3.80. The first-order valence-corrected chi connectivity index (χ1v) is 10.3. The first-order valence-electron chi connectivity index (χ1n) is 9.08. The molecule has 0 fully saturated rings. The van der Waals surface area contributed by atoms with Gasteiger partial charge in [0.1, 0.15) is 16.6 Å². The molecule has 0 radical (unpaired) electrons. The van der Waals surface area contributed by atoms with Gasteiger partial charge in [-0.15, -0.1) is 11.3 Å². The molecule has 3 aromatic heterocycles. The topological polar surface area (TPSA) is 83.6 Å². The van der Waals surface area contributed by atoms with Crippen LogP contribution in [0.2, 0.25) is 5.02 Å². The number of aromatic nitrogens is 4. The smallest absolute Gasteiger partial charge is 0.225 e. The molecule has 0 bridgehead atoms. The summed E-state index contributed by atoms with van der Waals surface area (Å²) in [6.07, 6.45) is 5.54. The molecule has 0 atom stereocenters. The second-order valence-electron chi connectivity index (χ2n) is 6.45. The molecule has 4 rings (SSSR count). The van der Waals surface area contributed by atoms with Crippen LogP contribution < -0.4 is 5.32 Å². The number of amides is 1. The fourth-order valence-electron chi connectivity index (χ4n) is 2.85. The van der Waals surface area contributed by atoms with Crippen LogP contribution in [0.3, 0.4) is 0 Å². The van der Waals surface area contributed by atoms with E-state index in [-0.39, 0.29) is 5.91 Å². The fourth-order valence-corrected chi connectivity index (χ4v) is 4.21. The summed E-state index contributed by atoms with van der Waals surface area (Å²) >= 11 is 8.04. The second-order valence-corrected chi connectivity index (χ2v) is 7.86. The van der Waals surface area contributed by atoms with Crippen molar-refractivity contribution in [1.82, 2.24) is 19.9 Å². The highest BCUT2D eigenvalue weighted by Gasteiger charge is 2.20. The van der Waals surface area contributed by atoms with Crippen LogP contribution in [0.4, 0.5) is 5.82 Å². The summed E-state index contributed by atoms with van der Waals surface area (Å²) in [5, 5.41) is 4.21. The molecular weight excluding hydrogens is 406 g/mol. The highest BCUT2D eigenvalue weighted by molar-refractivity contribution is 7.18. The molecule has 0 aliphatic rings. The maximum absolute atomic E-state index is 11.7. The van der Waals surface area contributed by atoms with Crippen LogP contribution in [0.1, 0.15) is 18.9 Å². The number of benzene rings is 1. The van der Waals surface area contributed by atoms with Crippen LogP contribution in [-0.2, 0) is 4.79 Å². The minimum absolute atomic E-state index is 0.0859. The third-order valence-corrected chi connectivity index (χ3v) is 5.74. The third kappa shape index (κ3) is 4.06. The van der Waals surface area contributed by atoms with Gasteiger partial charge in [0.15, 0.2) is 0 Å². The van der Waals surface area contributed by atoms with E-state index in [4.69, 9.17) is 16.6 Å². The number of anilines is 1. The summed E-state index contributed by atoms with van der Waals surface area (Å²) in [5.41, 5.74) is 3.55. The molecule has 4 aromatic rings. The lowest BCUT2D eigenvalue weighted by molar-refractivity contribution is -0.115. The molecule has 1 amide bonds. The molecule has 146 valence electrons. The number of aromatic amines is 1. The molecule has 1 aromatic carbocycles. The minimum Gasteiger partial charge on any atom is -0.344 e. The summed E-state index contributed by atoms with van der Waals surface area (Å²) in [5.74, 6) is 1.14. The van der Waals surface area contributed by atoms with E-state index in [1.54, 1.807) is 25.5 Å². The van der Waals surface area contributed by atoms with E-state index < -0.39 is 0 Å². The minimum atomic E-state index is -0.0859. The Hall–Kier alpha value is -3.03. The maximum Gasteiger partial charge on any atom is 0.225 e. The molecule has 0 saturated carbocycles. The van der Waals surface area contributed by atoms with Gasteiger partial charge in [0.05, 0.1) is 15.6 Å². The van der Waals surface area contributed by atoms with E-state index >= 15 is 0 Å². The largest absolute Gasteiger partial charge is 0.344 e. The van der Waals surface area contributed by atoms with Gasteiger partial charge in [-0.25, -0.2) is 15.0 Å². The van der Waals surface area contributed by atoms with Crippen molar-refractivity contribution >= 4 is 34.7 Å². The normalized spacial score (nSPS) is 10.9. The van der Waals surface area contributed by atoms with Crippen LogP contribution >= 0.6 is 22.9 Å². The number of nitrogens with zero attached hydrogens (tertiary/aromatic N) is 3. The Labute approximate surface area is 177 Å². The molecule has 0 unspecified atom stereocenters. The number of carbonyl (C=O) groups excluding carboxylic acids is 1. The molecule has 0 spiro atoms. The Morgan fingerprint density at radius 2 is 2.07 bits per heavy atom. The summed E-state index contributed by atoms with van der Waals surface area (Å²) in [4.78, 5) is 29.2. The van der Waals surface area contributed by atoms with Crippen LogP contribution in [0.15, 0.2) is 48.9 Å². The first-order chi connectivity index (χ1) is 14.0. The number of halogens is 1. The Morgan fingerprint density at radius 1 is 1.21 bits per heavy atom. The Morgan fingerprint density at radius 3 is 2.79 bits per heavy atom. The molecule has 0 saturated heterocycles. The van der Waals surface area contributed by atoms with Crippen LogP contribution in [0.5, 0.6) is 0 Å². The first kappa shape index (κ1) is 19.3. The summed E-state index contributed by atoms with van der Waals surface area (Å²) < 4.78 is 0. The third-order valence-electron chi connectivity index (χ3n) is 4.32. The molecule has 8 heteroatoms. The van der Waals surface area contributed by atoms with Crippen molar-refractivity contribution in [2.24, 2.45) is 0 Å². The maximum atomic E-state index is 11.7. The van der Waals surface area contributed by atoms with Crippen molar-refractivity contribution in [3.63, 3.8) is 0 Å². The van der Waals surface area contributed by atoms with Crippen molar-refractivity contribution in [2.75, 3.05) is 5.32 Å². The Kier molecular flexibility index (Phi) is 5.42. The van der Waals surface area contributed by atoms with Gasteiger partial charge in [-0.1, -0.05) is 30.7 Å². The van der Waals surface area contributed by atoms with E-state index in [9.17, 15) is 4.79 Å². The van der Waals surface area contributed by atoms with E-state index in [1.807, 2.05) is 37.3 Å². The number of hydrogen-bond acceptors (Lipinski definition) is 5. The summed E-state index contributed by atoms with van der Waals surface area (Å²) in [7, 11) is 0. The monoisotopic (exact) mass is 423 g/mol. The Bertz CT molecular complexity index is 1170. The molecular formula is C21H18ClN5OS. The molecule has 0 aliphatic heterocycles. The van der Waals surface area contributed by atoms with E-state index in [0.29, 0.717) is 17.3 Å². The van der Waals surface area contributed by atoms with Crippen molar-refractivity contribution in [2.45, 2.75) is 20.3 Å². The van der Waals surface area contributed by atoms with Gasteiger partial charge in [0.2, 0.25) is 5.91 Å². The Balaban J connectivity index is 1.82. The lowest BCUT2D eigenvalue weighted by Gasteiger charge is -2.05. The van der Waals surface area contributed by atoms with Crippen molar-refractivity contribution in [1.29, 1.82) is 0 Å². The molecule has 2 N–H and O–H groups in total. The average molecular weight is 424 g/mol. The predicted molar refractivity (Wildman–Crippen MR) is 117 cm³/mol. The zero-order valence-corrected chi connectivity index (χ0v) is 17.4. The lowest BCUT2D eigenvalue weighted by Crippen LogP contribution is -2.10. The van der Waals surface area contributed by atoms with Gasteiger partial charge in [-0.05, 0) is 30.7 Å². The number of imidazole rings is 1. The van der Waals surface area contributed by atoms with Crippen LogP contribution in [0.25, 0.3) is 32.5 Å². The van der Waals surface area contributed by atoms with Crippen molar-refractivity contribution in [3.05, 3.63) is 59.5 Å². The number of H-pyrrole nitrogens is 1. The quantitative estimate of drug-likeness (QED) is 0.439. The number of pyridine rings is 1. The number of thiazole rings is 1. The number of rotatable bonds is 5. The van der Waals surface area contributed by atoms with Crippen LogP contribution in [-0.4, -0.2) is 25.8 Å². The van der Waals surface area contributed by atoms with E-state index in [1.165, 1.54) is 11.3 Å². The summed E-state index contributed by atoms with van der Waals surface area (Å²) in [6, 6.07) is 9.59. The zero-order valence-electron chi connectivity index (χ0n) is 15.9. The van der Waals surface area contributed by atoms with Gasteiger partial charge >= 0.3 is 0 Å². The van der Waals surface area contributed by atoms with Crippen molar-refractivity contribution in [3.8, 4) is 32.5 Å². The SMILES string of the molecule is CCC(=O)Nc1cc(-c2nc(-c3ccc(C)cc3Cl)c(-c3ncc[nH]3)s2)ccn1. The number of hydrogen-bond donors (Lipinski definition) is 2. The van der Waals surface area contributed by atoms with Gasteiger partial charge in [0, 0.05) is 36.1 Å². The molecule has 6 nitrogen and oxygen atoms in total. The van der Waals surface area contributed by atoms with Crippen LogP contribution in [0, 0.1) is 6.92 Å². The molecule has 0 aliphatic carbocycles. The number of aryl methyl sites for hydroxylation is 1. The van der Waals surface area contributed by atoms with Gasteiger partial charge in [-0.2, -0.15) is 0 Å². The fraction of sp³-hybridized carbons (Fsp3) is 0.143. The zero-order chi connectivity index (χ0) is 20.4. The standard InChI is InChI=1S/C21H18ClN5OS/c1-3-17(28)26-16-11-13(6-7-23-16)21-27-18(14-5-4-12(2)10-15(14)22)19(29-21)20-24-8-9-25-20/h4-11H,3H2,1-2H3,(H,24,25)(H,23,26,28). The molecule has 3 heterocycles. The highest BCUT2D eigenvalue weighted by atomic mass is 35.5. The van der Waals surface area contributed by atoms with E-state index in [0.717, 1.165) is 38.1 Å². The predicted octanol–water partition coefficient (Wildman–Crippen LogP) is 5.57. The average Bonchev–Trinajstić information content (AvgIpc) is 3.38. The highest BCUT2D eigenvalue weighted by Crippen LogP contribution is 2.41. The lowest BCUT2D eigenvalue weighted by atomic mass is 10.1. The number of nitrogens with one attached hydrogen (secondary N) is 2. The molecule has 29 heavy (non-hydrogen) atoms.